The molecule has 0 bridgehead atoms. The van der Waals surface area contributed by atoms with Crippen LogP contribution in [-0.2, 0) is 61.9 Å². The van der Waals surface area contributed by atoms with Crippen molar-refractivity contribution < 1.29 is 85.6 Å². The predicted molar refractivity (Wildman–Crippen MR) is 280 cm³/mol. The van der Waals surface area contributed by atoms with E-state index >= 15 is 0 Å². The summed E-state index contributed by atoms with van der Waals surface area (Å²) in [4.78, 5) is 95.2. The summed E-state index contributed by atoms with van der Waals surface area (Å²) in [5, 5.41) is 0. The fourth-order valence-corrected chi connectivity index (χ4v) is 8.10. The van der Waals surface area contributed by atoms with Crippen LogP contribution in [0.2, 0.25) is 0 Å². The summed E-state index contributed by atoms with van der Waals surface area (Å²) in [6.45, 7) is 10.4. The maximum Gasteiger partial charge on any atom is 1.00 e. The minimum absolute atomic E-state index is 0. The maximum atomic E-state index is 13.3. The van der Waals surface area contributed by atoms with E-state index in [-0.39, 0.29) is 106 Å². The molecule has 1 amide bonds. The summed E-state index contributed by atoms with van der Waals surface area (Å²) >= 11 is 0. The second kappa shape index (κ2) is 50.7. The molecule has 0 unspecified atom stereocenters. The molecule has 0 spiro atoms. The Hall–Kier alpha value is -3.39. The van der Waals surface area contributed by atoms with Gasteiger partial charge in [-0.2, -0.15) is 0 Å². The molecule has 0 aromatic heterocycles. The van der Waals surface area contributed by atoms with E-state index in [1.165, 1.54) is 14.7 Å². The number of rotatable bonds is 45. The van der Waals surface area contributed by atoms with Crippen LogP contribution in [-0.4, -0.2) is 154 Å². The summed E-state index contributed by atoms with van der Waals surface area (Å²) in [6, 6.07) is -1.30. The number of esters is 6. The average Bonchev–Trinajstić information content (AvgIpc) is 3.74. The average molecular weight is 1030 g/mol. The molecule has 1 saturated heterocycles. The molecule has 73 heavy (non-hydrogen) atoms. The van der Waals surface area contributed by atoms with Crippen LogP contribution < -0.4 is 18.9 Å². The molecule has 1 fully saturated rings. The first-order valence-corrected chi connectivity index (χ1v) is 27.1. The molecule has 0 radical (unpaired) electrons. The van der Waals surface area contributed by atoms with Gasteiger partial charge in [0.25, 0.3) is 0 Å². The van der Waals surface area contributed by atoms with Gasteiger partial charge in [0, 0.05) is 0 Å². The molecule has 1 aliphatic heterocycles. The first-order valence-electron chi connectivity index (χ1n) is 27.1. The monoisotopic (exact) mass is 1030 g/mol. The molecule has 0 aromatic carbocycles. The van der Waals surface area contributed by atoms with E-state index in [2.05, 4.69) is 34.6 Å². The van der Waals surface area contributed by atoms with Crippen LogP contribution in [0, 0.1) is 21.8 Å². The van der Waals surface area contributed by atoms with E-state index in [4.69, 9.17) is 33.2 Å². The van der Waals surface area contributed by atoms with Crippen LogP contribution in [0.4, 0.5) is 4.79 Å². The number of hydrogen-bond donors (Lipinski definition) is 0. The number of likely N-dealkylation sites (tertiary alicyclic amines) is 1. The zero-order valence-corrected chi connectivity index (χ0v) is 47.0. The van der Waals surface area contributed by atoms with Crippen molar-refractivity contribution in [2.75, 3.05) is 85.5 Å². The number of carbonyl (C=O) groups excluding carboxylic acids is 7. The Morgan fingerprint density at radius 2 is 0.616 bits per heavy atom. The number of amides is 1. The topological polar surface area (TPSA) is 194 Å². The Kier molecular flexibility index (Phi) is 51.3. The first-order chi connectivity index (χ1) is 34.0. The van der Waals surface area contributed by atoms with Gasteiger partial charge in [0.2, 0.25) is 0 Å². The molecule has 0 saturated carbocycles. The molecular formula is C55H100LiN3O14-2. The summed E-state index contributed by atoms with van der Waals surface area (Å²) in [7, 11) is 0. The van der Waals surface area contributed by atoms with Gasteiger partial charge in [-0.15, -0.1) is 0 Å². The predicted octanol–water partition coefficient (Wildman–Crippen LogP) is 7.00. The molecule has 422 valence electrons. The van der Waals surface area contributed by atoms with E-state index in [1.807, 2.05) is 0 Å². The van der Waals surface area contributed by atoms with Crippen molar-refractivity contribution in [3.63, 3.8) is 0 Å². The van der Waals surface area contributed by atoms with Crippen LogP contribution >= 0.6 is 0 Å². The number of ether oxygens (including phenoxy) is 7. The second-order valence-electron chi connectivity index (χ2n) is 18.5. The van der Waals surface area contributed by atoms with Crippen LogP contribution in [0.3, 0.4) is 0 Å². The quantitative estimate of drug-likeness (QED) is 0.0199. The van der Waals surface area contributed by atoms with Gasteiger partial charge in [-0.25, -0.2) is 4.79 Å². The standard InChI is InChI=1S/C53H94N3O14.2CH3.Li/c1-6-11-15-19-23-27-33-65-47(57)37-54(38-48(58)66-34-28-24-20-16-12-7-2)41-51(61)69-43-45-31-32-46(56(45)53(63)64-10-5)44-70-52(62)42-55(39-49(59)67-35-29-25-21-17-13-8-3)40-50(60)68-36-30-26-22-18-14-9-4;;;/h45-46H,5-44H2,1-4H3;2*1H3;/q3*-1;+1/t45-,46-;;;/m0.../s1. The van der Waals surface area contributed by atoms with E-state index in [1.54, 1.807) is 0 Å². The first kappa shape index (κ1) is 73.9. The molecule has 18 heteroatoms. The Bertz CT molecular complexity index is 1270. The second-order valence-corrected chi connectivity index (χ2v) is 18.5. The number of carbonyl (C=O) groups is 7. The summed E-state index contributed by atoms with van der Waals surface area (Å²) in [5.74, 6) is -3.76. The van der Waals surface area contributed by atoms with Crippen LogP contribution in [0.25, 0.3) is 0 Å². The van der Waals surface area contributed by atoms with Crippen molar-refractivity contribution in [3.8, 4) is 0 Å². The smallest absolute Gasteiger partial charge is 0.483 e. The van der Waals surface area contributed by atoms with Crippen LogP contribution in [0.1, 0.15) is 195 Å². The molecule has 0 aliphatic carbocycles. The van der Waals surface area contributed by atoms with Gasteiger partial charge in [-0.1, -0.05) is 156 Å². The molecular weight excluding hydrogens is 934 g/mol. The Morgan fingerprint density at radius 3 is 0.863 bits per heavy atom. The third-order valence-electron chi connectivity index (χ3n) is 12.1. The minimum atomic E-state index is -0.736. The number of unbranched alkanes of at least 4 members (excludes halogenated alkanes) is 20. The third kappa shape index (κ3) is 40.6. The van der Waals surface area contributed by atoms with Crippen molar-refractivity contribution in [1.82, 2.24) is 14.7 Å². The van der Waals surface area contributed by atoms with Crippen molar-refractivity contribution in [2.24, 2.45) is 0 Å². The third-order valence-corrected chi connectivity index (χ3v) is 12.1. The molecule has 17 nitrogen and oxygen atoms in total. The molecule has 0 N–H and O–H groups in total. The van der Waals surface area contributed by atoms with Gasteiger partial charge < -0.3 is 54.9 Å². The fraction of sp³-hybridized carbons (Fsp3) is 0.818. The van der Waals surface area contributed by atoms with E-state index in [0.717, 1.165) is 154 Å². The summed E-state index contributed by atoms with van der Waals surface area (Å²) in [5.41, 5.74) is 0. The molecule has 1 rings (SSSR count). The Morgan fingerprint density at radius 1 is 0.384 bits per heavy atom. The molecule has 2 atom stereocenters. The van der Waals surface area contributed by atoms with Crippen molar-refractivity contribution >= 4 is 41.9 Å². The van der Waals surface area contributed by atoms with Gasteiger partial charge in [-0.3, -0.25) is 43.5 Å². The molecule has 0 aromatic rings. The van der Waals surface area contributed by atoms with Gasteiger partial charge in [0.05, 0.1) is 77.8 Å². The van der Waals surface area contributed by atoms with Gasteiger partial charge in [0.15, 0.2) is 0 Å². The van der Waals surface area contributed by atoms with E-state index in [0.29, 0.717) is 12.8 Å². The van der Waals surface area contributed by atoms with Gasteiger partial charge in [-0.05, 0) is 45.1 Å². The van der Waals surface area contributed by atoms with E-state index < -0.39 is 67.1 Å². The van der Waals surface area contributed by atoms with Gasteiger partial charge in [0.1, 0.15) is 13.2 Å². The zero-order valence-electron chi connectivity index (χ0n) is 47.0. The Labute approximate surface area is 454 Å². The van der Waals surface area contributed by atoms with Crippen LogP contribution in [0.15, 0.2) is 0 Å². The van der Waals surface area contributed by atoms with Crippen LogP contribution in [0.5, 0.6) is 0 Å². The Balaban J connectivity index is -0.0000163. The van der Waals surface area contributed by atoms with Gasteiger partial charge >= 0.3 is 60.8 Å². The largest absolute Gasteiger partial charge is 1.00 e. The summed E-state index contributed by atoms with van der Waals surface area (Å²) in [6.07, 6.45) is 24.6. The summed E-state index contributed by atoms with van der Waals surface area (Å²) < 4.78 is 38.2. The van der Waals surface area contributed by atoms with Crippen molar-refractivity contribution in [2.45, 2.75) is 207 Å². The molecule has 1 aliphatic rings. The number of nitrogens with zero attached hydrogens (tertiary/aromatic N) is 3. The zero-order chi connectivity index (χ0) is 51.5. The SMILES string of the molecule is [CH2-]COC(=O)N1[C@H](COC(=O)CN(CC(=O)OCCCCCCCC)CC(=O)OCCCCCCCC)CC[C@H]1COC(=O)CN(CC(=O)OCCCCCCCC)CC(=O)OCCCCCCCC.[CH3-].[CH3-].[Li+]. The fourth-order valence-electron chi connectivity index (χ4n) is 8.10. The maximum absolute atomic E-state index is 13.3. The normalized spacial score (nSPS) is 13.8. The number of hydrogen-bond acceptors (Lipinski definition) is 16. The minimum Gasteiger partial charge on any atom is -0.483 e. The molecule has 1 heterocycles. The van der Waals surface area contributed by atoms with E-state index in [9.17, 15) is 33.6 Å². The van der Waals surface area contributed by atoms with Crippen molar-refractivity contribution in [1.29, 1.82) is 0 Å². The van der Waals surface area contributed by atoms with Crippen molar-refractivity contribution in [3.05, 3.63) is 21.8 Å².